The normalized spacial score (nSPS) is 12.5. The lowest BCUT2D eigenvalue weighted by molar-refractivity contribution is 0.218. The molecule has 1 atom stereocenters. The zero-order chi connectivity index (χ0) is 12.4. The van der Waals surface area contributed by atoms with Crippen molar-refractivity contribution in [2.45, 2.75) is 13.0 Å². The molecule has 1 unspecified atom stereocenters. The van der Waals surface area contributed by atoms with Crippen LogP contribution in [0.2, 0.25) is 0 Å². The van der Waals surface area contributed by atoms with Crippen LogP contribution < -0.4 is 0 Å². The average Bonchev–Trinajstić information content (AvgIpc) is 2.32. The Morgan fingerprint density at radius 2 is 2.12 bits per heavy atom. The van der Waals surface area contributed by atoms with E-state index in [4.69, 9.17) is 0 Å². The Morgan fingerprint density at radius 3 is 2.82 bits per heavy atom. The van der Waals surface area contributed by atoms with E-state index in [9.17, 15) is 9.50 Å². The molecule has 0 bridgehead atoms. The van der Waals surface area contributed by atoms with Gasteiger partial charge in [-0.25, -0.2) is 4.39 Å². The number of benzene rings is 1. The van der Waals surface area contributed by atoms with E-state index < -0.39 is 6.10 Å². The molecule has 2 nitrogen and oxygen atoms in total. The van der Waals surface area contributed by atoms with E-state index in [1.54, 1.807) is 24.5 Å². The molecule has 0 radical (unpaired) electrons. The van der Waals surface area contributed by atoms with E-state index >= 15 is 0 Å². The Kier molecular flexibility index (Phi) is 3.54. The average molecular weight is 296 g/mol. The quantitative estimate of drug-likeness (QED) is 0.921. The van der Waals surface area contributed by atoms with Gasteiger partial charge in [-0.15, -0.1) is 0 Å². The van der Waals surface area contributed by atoms with Gasteiger partial charge in [0.15, 0.2) is 0 Å². The van der Waals surface area contributed by atoms with E-state index in [0.717, 1.165) is 5.56 Å². The van der Waals surface area contributed by atoms with Gasteiger partial charge in [-0.05, 0) is 34.5 Å². The van der Waals surface area contributed by atoms with Crippen LogP contribution in [-0.4, -0.2) is 10.1 Å². The number of aliphatic hydroxyl groups is 1. The van der Waals surface area contributed by atoms with Crippen molar-refractivity contribution in [2.24, 2.45) is 0 Å². The molecule has 1 heterocycles. The van der Waals surface area contributed by atoms with E-state index in [1.165, 1.54) is 6.07 Å². The summed E-state index contributed by atoms with van der Waals surface area (Å²) in [5.41, 5.74) is 2.10. The van der Waals surface area contributed by atoms with Crippen molar-refractivity contribution in [3.8, 4) is 0 Å². The van der Waals surface area contributed by atoms with Crippen molar-refractivity contribution >= 4 is 15.9 Å². The van der Waals surface area contributed by atoms with Crippen LogP contribution in [0.15, 0.2) is 41.1 Å². The summed E-state index contributed by atoms with van der Waals surface area (Å²) in [6.07, 6.45) is 2.40. The minimum Gasteiger partial charge on any atom is -0.384 e. The maximum Gasteiger partial charge on any atom is 0.137 e. The fraction of sp³-hybridized carbons (Fsp3) is 0.154. The lowest BCUT2D eigenvalue weighted by Gasteiger charge is -2.13. The second-order valence-electron chi connectivity index (χ2n) is 3.84. The molecule has 1 aromatic carbocycles. The maximum absolute atomic E-state index is 13.4. The predicted molar refractivity (Wildman–Crippen MR) is 67.1 cm³/mol. The van der Waals surface area contributed by atoms with Crippen molar-refractivity contribution < 1.29 is 9.50 Å². The molecule has 0 saturated carbocycles. The van der Waals surface area contributed by atoms with Gasteiger partial charge >= 0.3 is 0 Å². The van der Waals surface area contributed by atoms with Crippen molar-refractivity contribution in [1.29, 1.82) is 0 Å². The minimum absolute atomic E-state index is 0.286. The summed E-state index contributed by atoms with van der Waals surface area (Å²) in [6.45, 7) is 1.89. The van der Waals surface area contributed by atoms with Gasteiger partial charge in [-0.3, -0.25) is 4.98 Å². The third-order valence-corrected chi connectivity index (χ3v) is 3.32. The maximum atomic E-state index is 13.4. The van der Waals surface area contributed by atoms with E-state index in [-0.39, 0.29) is 10.3 Å². The number of rotatable bonds is 2. The Labute approximate surface area is 107 Å². The molecule has 2 rings (SSSR count). The predicted octanol–water partition coefficient (Wildman–Crippen LogP) is 3.37. The van der Waals surface area contributed by atoms with Crippen LogP contribution in [0.3, 0.4) is 0 Å². The van der Waals surface area contributed by atoms with Crippen molar-refractivity contribution in [2.75, 3.05) is 0 Å². The van der Waals surface area contributed by atoms with Crippen LogP contribution in [0.1, 0.15) is 22.8 Å². The van der Waals surface area contributed by atoms with Crippen molar-refractivity contribution in [3.63, 3.8) is 0 Å². The Hall–Kier alpha value is -1.26. The molecule has 1 aromatic heterocycles. The number of halogens is 2. The molecule has 2 aromatic rings. The lowest BCUT2D eigenvalue weighted by atomic mass is 10.0. The molecule has 0 spiro atoms. The molecule has 1 N–H and O–H groups in total. The lowest BCUT2D eigenvalue weighted by Crippen LogP contribution is -2.02. The van der Waals surface area contributed by atoms with Crippen LogP contribution in [0.25, 0.3) is 0 Å². The number of pyridine rings is 1. The van der Waals surface area contributed by atoms with Crippen LogP contribution in [-0.2, 0) is 0 Å². The highest BCUT2D eigenvalue weighted by molar-refractivity contribution is 9.10. The van der Waals surface area contributed by atoms with Crippen LogP contribution >= 0.6 is 15.9 Å². The monoisotopic (exact) mass is 295 g/mol. The largest absolute Gasteiger partial charge is 0.384 e. The first kappa shape index (κ1) is 12.2. The number of aromatic nitrogens is 1. The first-order valence-electron chi connectivity index (χ1n) is 5.13. The molecule has 0 aliphatic carbocycles. The number of hydrogen-bond donors (Lipinski definition) is 1. The van der Waals surface area contributed by atoms with Gasteiger partial charge in [0, 0.05) is 23.5 Å². The molecule has 0 amide bonds. The molecule has 0 fully saturated rings. The fourth-order valence-electron chi connectivity index (χ4n) is 1.64. The summed E-state index contributed by atoms with van der Waals surface area (Å²) in [5, 5.41) is 10.2. The number of nitrogens with zero attached hydrogens (tertiary/aromatic N) is 1. The van der Waals surface area contributed by atoms with Gasteiger partial charge in [0.25, 0.3) is 0 Å². The zero-order valence-electron chi connectivity index (χ0n) is 9.19. The summed E-state index contributed by atoms with van der Waals surface area (Å²) < 4.78 is 13.6. The molecule has 88 valence electrons. The van der Waals surface area contributed by atoms with Crippen LogP contribution in [0.5, 0.6) is 0 Å². The standard InChI is InChI=1S/C13H11BrFNO/c1-8-5-9(7-16-6-8)13(17)10-3-2-4-11(15)12(10)14/h2-7,13,17H,1H3. The van der Waals surface area contributed by atoms with Crippen molar-refractivity contribution in [1.82, 2.24) is 4.98 Å². The van der Waals surface area contributed by atoms with E-state index in [2.05, 4.69) is 20.9 Å². The minimum atomic E-state index is -0.882. The summed E-state index contributed by atoms with van der Waals surface area (Å²) >= 11 is 3.14. The molecule has 17 heavy (non-hydrogen) atoms. The van der Waals surface area contributed by atoms with E-state index in [0.29, 0.717) is 11.1 Å². The second-order valence-corrected chi connectivity index (χ2v) is 4.63. The molecular weight excluding hydrogens is 285 g/mol. The topological polar surface area (TPSA) is 33.1 Å². The van der Waals surface area contributed by atoms with Crippen molar-refractivity contribution in [3.05, 3.63) is 63.6 Å². The van der Waals surface area contributed by atoms with Crippen LogP contribution in [0.4, 0.5) is 4.39 Å². The number of hydrogen-bond acceptors (Lipinski definition) is 2. The number of aryl methyl sites for hydroxylation is 1. The highest BCUT2D eigenvalue weighted by Crippen LogP contribution is 2.30. The van der Waals surface area contributed by atoms with Gasteiger partial charge in [-0.1, -0.05) is 18.2 Å². The zero-order valence-corrected chi connectivity index (χ0v) is 10.8. The molecular formula is C13H11BrFNO. The third kappa shape index (κ3) is 2.53. The van der Waals surface area contributed by atoms with Gasteiger partial charge in [-0.2, -0.15) is 0 Å². The Bertz CT molecular complexity index is 545. The first-order valence-corrected chi connectivity index (χ1v) is 5.92. The summed E-state index contributed by atoms with van der Waals surface area (Å²) in [4.78, 5) is 4.01. The van der Waals surface area contributed by atoms with Gasteiger partial charge < -0.3 is 5.11 Å². The molecule has 0 aliphatic rings. The van der Waals surface area contributed by atoms with Crippen LogP contribution in [0, 0.1) is 12.7 Å². The van der Waals surface area contributed by atoms with Gasteiger partial charge in [0.05, 0.1) is 4.47 Å². The second kappa shape index (κ2) is 4.94. The third-order valence-electron chi connectivity index (χ3n) is 2.49. The highest BCUT2D eigenvalue weighted by Gasteiger charge is 2.16. The first-order chi connectivity index (χ1) is 8.09. The Balaban J connectivity index is 2.44. The smallest absolute Gasteiger partial charge is 0.137 e. The SMILES string of the molecule is Cc1cncc(C(O)c2cccc(F)c2Br)c1. The molecule has 0 saturated heterocycles. The summed E-state index contributed by atoms with van der Waals surface area (Å²) in [5.74, 6) is -0.387. The van der Waals surface area contributed by atoms with Gasteiger partial charge in [0.1, 0.15) is 11.9 Å². The fourth-order valence-corrected chi connectivity index (χ4v) is 2.12. The molecule has 4 heteroatoms. The Morgan fingerprint density at radius 1 is 1.35 bits per heavy atom. The summed E-state index contributed by atoms with van der Waals surface area (Å²) in [7, 11) is 0. The van der Waals surface area contributed by atoms with E-state index in [1.807, 2.05) is 13.0 Å². The van der Waals surface area contributed by atoms with Gasteiger partial charge in [0.2, 0.25) is 0 Å². The summed E-state index contributed by atoms with van der Waals surface area (Å²) in [6, 6.07) is 6.42. The highest BCUT2D eigenvalue weighted by atomic mass is 79.9. The number of aliphatic hydroxyl groups excluding tert-OH is 1. The molecule has 0 aliphatic heterocycles.